The van der Waals surface area contributed by atoms with Crippen LogP contribution in [0.2, 0.25) is 0 Å². The summed E-state index contributed by atoms with van der Waals surface area (Å²) >= 11 is 8.37. The summed E-state index contributed by atoms with van der Waals surface area (Å²) in [6.07, 6.45) is 0. The fourth-order valence-corrected chi connectivity index (χ4v) is 9.20. The summed E-state index contributed by atoms with van der Waals surface area (Å²) in [5.74, 6) is -1.61. The third-order valence-corrected chi connectivity index (χ3v) is 9.23. The molecule has 0 heterocycles. The van der Waals surface area contributed by atoms with E-state index in [4.69, 9.17) is 0 Å². The van der Waals surface area contributed by atoms with E-state index >= 15 is 0 Å². The average Bonchev–Trinajstić information content (AvgIpc) is 1.65. The SMILES string of the molecule is CP([O-])(=S)OP(=O)([O-])CP(=O)([O-])OP(C)([O-])=S. The van der Waals surface area contributed by atoms with Crippen molar-refractivity contribution in [2.45, 2.75) is 0 Å². The van der Waals surface area contributed by atoms with Gasteiger partial charge in [0.1, 0.15) is 15.2 Å². The molecule has 0 aliphatic rings. The van der Waals surface area contributed by atoms with Crippen LogP contribution in [0, 0.1) is 0 Å². The molecule has 0 rings (SSSR count). The van der Waals surface area contributed by atoms with E-state index in [1.54, 1.807) is 0 Å². The molecule has 4 unspecified atom stereocenters. The molecule has 104 valence electrons. The van der Waals surface area contributed by atoms with E-state index in [1.165, 1.54) is 0 Å². The van der Waals surface area contributed by atoms with E-state index in [1.807, 2.05) is 0 Å². The Morgan fingerprint density at radius 1 is 0.882 bits per heavy atom. The van der Waals surface area contributed by atoms with Crippen LogP contribution in [0.5, 0.6) is 0 Å². The molecule has 0 fully saturated rings. The summed E-state index contributed by atoms with van der Waals surface area (Å²) < 4.78 is 30.2. The predicted molar refractivity (Wildman–Crippen MR) is 62.7 cm³/mol. The molecule has 0 aliphatic heterocycles. The van der Waals surface area contributed by atoms with Crippen molar-refractivity contribution in [3.8, 4) is 0 Å². The van der Waals surface area contributed by atoms with Gasteiger partial charge in [0.2, 0.25) is 0 Å². The lowest BCUT2D eigenvalue weighted by molar-refractivity contribution is -0.210. The maximum Gasteiger partial charge on any atom is 0.146 e. The Balaban J connectivity index is 4.84. The summed E-state index contributed by atoms with van der Waals surface area (Å²) in [5, 5.41) is 0. The lowest BCUT2D eigenvalue weighted by Gasteiger charge is -2.38. The lowest BCUT2D eigenvalue weighted by Crippen LogP contribution is -2.17. The standard InChI is InChI=1S/C3H12O8P4S2/c1-12(4,16)10-14(6,7)3-15(8,9)11-13(2,5)17/h3H2,1-2H3,(H,4,16)(H,5,17)(H,6,7)(H,8,9)/p-4. The molecule has 4 atom stereocenters. The van der Waals surface area contributed by atoms with Gasteiger partial charge in [-0.15, -0.1) is 0 Å². The Kier molecular flexibility index (Phi) is 6.40. The minimum atomic E-state index is -5.01. The van der Waals surface area contributed by atoms with E-state index in [9.17, 15) is 28.7 Å². The van der Waals surface area contributed by atoms with Crippen molar-refractivity contribution in [3.05, 3.63) is 0 Å². The van der Waals surface area contributed by atoms with E-state index < -0.39 is 34.1 Å². The van der Waals surface area contributed by atoms with Gasteiger partial charge < -0.3 is 37.3 Å². The Bertz CT molecular complexity index is 419. The molecular formula is C3H8O8P4S2-4. The van der Waals surface area contributed by atoms with Gasteiger partial charge in [0.05, 0.1) is 5.90 Å². The molecule has 0 saturated carbocycles. The first kappa shape index (κ1) is 18.5. The van der Waals surface area contributed by atoms with E-state index in [2.05, 4.69) is 32.2 Å². The van der Waals surface area contributed by atoms with E-state index in [-0.39, 0.29) is 0 Å². The van der Waals surface area contributed by atoms with Crippen LogP contribution in [0.3, 0.4) is 0 Å². The molecule has 8 nitrogen and oxygen atoms in total. The van der Waals surface area contributed by atoms with E-state index in [0.29, 0.717) is 0 Å². The van der Waals surface area contributed by atoms with Crippen LogP contribution < -0.4 is 19.6 Å². The zero-order valence-electron chi connectivity index (χ0n) is 8.58. The van der Waals surface area contributed by atoms with Gasteiger partial charge in [-0.25, -0.2) is 0 Å². The quantitative estimate of drug-likeness (QED) is 0.523. The first-order valence-corrected chi connectivity index (χ1v) is 13.3. The van der Waals surface area contributed by atoms with Crippen LogP contribution in [0.25, 0.3) is 0 Å². The molecule has 0 radical (unpaired) electrons. The maximum absolute atomic E-state index is 11.1. The summed E-state index contributed by atoms with van der Waals surface area (Å²) in [6, 6.07) is 0. The van der Waals surface area contributed by atoms with Gasteiger partial charge in [0, 0.05) is 0 Å². The van der Waals surface area contributed by atoms with Crippen molar-refractivity contribution in [2.75, 3.05) is 19.2 Å². The highest BCUT2D eigenvalue weighted by Crippen LogP contribution is 2.63. The summed E-state index contributed by atoms with van der Waals surface area (Å²) in [4.78, 5) is 44.1. The molecule has 0 aliphatic carbocycles. The fraction of sp³-hybridized carbons (Fsp3) is 1.00. The molecule has 0 amide bonds. The normalized spacial score (nSPS) is 26.2. The van der Waals surface area contributed by atoms with Crippen LogP contribution in [0.4, 0.5) is 0 Å². The second kappa shape index (κ2) is 5.88. The van der Waals surface area contributed by atoms with Crippen molar-refractivity contribution in [3.63, 3.8) is 0 Å². The van der Waals surface area contributed by atoms with Gasteiger partial charge in [-0.3, -0.25) is 0 Å². The van der Waals surface area contributed by atoms with Crippen LogP contribution in [0.1, 0.15) is 0 Å². The van der Waals surface area contributed by atoms with Gasteiger partial charge in [0.25, 0.3) is 0 Å². The Morgan fingerprint density at radius 2 is 1.12 bits per heavy atom. The molecule has 17 heavy (non-hydrogen) atoms. The van der Waals surface area contributed by atoms with Crippen LogP contribution in [-0.4, -0.2) is 19.2 Å². The summed E-state index contributed by atoms with van der Waals surface area (Å²) in [6.45, 7) is -6.01. The third kappa shape index (κ3) is 11.1. The number of rotatable bonds is 6. The Hall–Kier alpha value is 1.52. The topological polar surface area (TPSA) is 145 Å². The molecule has 0 aromatic heterocycles. The highest BCUT2D eigenvalue weighted by Gasteiger charge is 2.22. The molecule has 0 aromatic rings. The Labute approximate surface area is 108 Å². The molecule has 0 N–H and O–H groups in total. The van der Waals surface area contributed by atoms with Crippen molar-refractivity contribution in [1.82, 2.24) is 0 Å². The van der Waals surface area contributed by atoms with Gasteiger partial charge in [0.15, 0.2) is 0 Å². The lowest BCUT2D eigenvalue weighted by atomic mass is 11.9. The molecule has 14 heteroatoms. The second-order valence-corrected chi connectivity index (χ2v) is 15.0. The smallest absolute Gasteiger partial charge is 0.146 e. The van der Waals surface area contributed by atoms with Crippen molar-refractivity contribution >= 4 is 51.8 Å². The largest absolute Gasteiger partial charge is 0.801 e. The minimum absolute atomic E-state index is 0.821. The molecule has 0 spiro atoms. The van der Waals surface area contributed by atoms with Crippen LogP contribution in [0.15, 0.2) is 0 Å². The van der Waals surface area contributed by atoms with Gasteiger partial charge in [-0.05, 0) is 26.3 Å². The molecule has 0 aromatic carbocycles. The Morgan fingerprint density at radius 3 is 1.29 bits per heavy atom. The fourth-order valence-electron chi connectivity index (χ4n) is 0.716. The van der Waals surface area contributed by atoms with E-state index in [0.717, 1.165) is 13.3 Å². The van der Waals surface area contributed by atoms with Crippen molar-refractivity contribution in [1.29, 1.82) is 0 Å². The maximum atomic E-state index is 11.1. The van der Waals surface area contributed by atoms with Gasteiger partial charge >= 0.3 is 0 Å². The monoisotopic (exact) mass is 360 g/mol. The third-order valence-electron chi connectivity index (χ3n) is 0.892. The van der Waals surface area contributed by atoms with Gasteiger partial charge in [-0.2, -0.15) is 0 Å². The van der Waals surface area contributed by atoms with Crippen molar-refractivity contribution < 1.29 is 37.3 Å². The highest BCUT2D eigenvalue weighted by atomic mass is 32.5. The first-order chi connectivity index (χ1) is 7.12. The summed E-state index contributed by atoms with van der Waals surface area (Å²) in [7, 11) is -10.0. The highest BCUT2D eigenvalue weighted by molar-refractivity contribution is 8.10. The van der Waals surface area contributed by atoms with Crippen LogP contribution in [-0.2, 0) is 41.4 Å². The first-order valence-electron chi connectivity index (χ1n) is 3.72. The molecule has 0 bridgehead atoms. The zero-order chi connectivity index (χ0) is 14.1. The summed E-state index contributed by atoms with van der Waals surface area (Å²) in [5.41, 5.74) is 0. The molecular weight excluding hydrogens is 352 g/mol. The minimum Gasteiger partial charge on any atom is -0.801 e. The number of hydrogen-bond acceptors (Lipinski definition) is 10. The zero-order valence-corrected chi connectivity index (χ0v) is 13.8. The number of hydrogen-bond donors (Lipinski definition) is 0. The molecule has 0 saturated heterocycles. The average molecular weight is 360 g/mol. The van der Waals surface area contributed by atoms with Gasteiger partial charge in [-0.1, -0.05) is 23.6 Å². The second-order valence-electron chi connectivity index (χ2n) is 3.07. The predicted octanol–water partition coefficient (Wildman–Crippen LogP) is -1.32. The van der Waals surface area contributed by atoms with Crippen molar-refractivity contribution in [2.24, 2.45) is 0 Å². The van der Waals surface area contributed by atoms with Crippen LogP contribution >= 0.6 is 28.2 Å².